The van der Waals surface area contributed by atoms with Gasteiger partial charge >= 0.3 is 5.69 Å². The monoisotopic (exact) mass is 478 g/mol. The van der Waals surface area contributed by atoms with Crippen molar-refractivity contribution in [3.8, 4) is 11.3 Å². The van der Waals surface area contributed by atoms with Gasteiger partial charge < -0.3 is 9.88 Å². The fourth-order valence-corrected chi connectivity index (χ4v) is 4.79. The van der Waals surface area contributed by atoms with Gasteiger partial charge in [0.1, 0.15) is 17.7 Å². The van der Waals surface area contributed by atoms with Crippen LogP contribution in [0.2, 0.25) is 0 Å². The number of likely N-dealkylation sites (tertiary alicyclic amines) is 1. The first-order valence-electron chi connectivity index (χ1n) is 11.3. The average Bonchev–Trinajstić information content (AvgIpc) is 3.30. The fraction of sp³-hybridized carbons (Fsp3) is 0.292. The number of carbonyl (C=O) groups excluding carboxylic acids is 1. The second-order valence-electron chi connectivity index (χ2n) is 9.00. The molecule has 1 unspecified atom stereocenters. The van der Waals surface area contributed by atoms with Gasteiger partial charge in [-0.3, -0.25) is 14.6 Å². The average molecular weight is 478 g/mol. The van der Waals surface area contributed by atoms with Crippen molar-refractivity contribution in [3.05, 3.63) is 86.2 Å². The Bertz CT molecular complexity index is 1570. The minimum absolute atomic E-state index is 0.0129. The number of aromatic amines is 2. The number of imidazole rings is 1. The Morgan fingerprint density at radius 3 is 2.66 bits per heavy atom. The number of hydrogen-bond acceptors (Lipinski definition) is 5. The summed E-state index contributed by atoms with van der Waals surface area (Å²) < 4.78 is 28.5. The van der Waals surface area contributed by atoms with E-state index in [1.165, 1.54) is 33.9 Å². The van der Waals surface area contributed by atoms with E-state index >= 15 is 0 Å². The van der Waals surface area contributed by atoms with Crippen LogP contribution < -0.4 is 11.2 Å². The molecule has 9 nitrogen and oxygen atoms in total. The quantitative estimate of drug-likeness (QED) is 0.467. The molecule has 2 N–H and O–H groups in total. The van der Waals surface area contributed by atoms with Crippen LogP contribution >= 0.6 is 0 Å². The zero-order valence-corrected chi connectivity index (χ0v) is 18.4. The molecule has 0 spiro atoms. The summed E-state index contributed by atoms with van der Waals surface area (Å²) in [6.07, 6.45) is 2.79. The number of fused-ring (bicyclic) bond motifs is 1. The minimum Gasteiger partial charge on any atom is -0.334 e. The number of alkyl halides is 1. The molecule has 3 aromatic heterocycles. The number of aromatic nitrogens is 5. The van der Waals surface area contributed by atoms with Crippen molar-refractivity contribution in [1.29, 1.82) is 0 Å². The van der Waals surface area contributed by atoms with E-state index < -0.39 is 17.4 Å². The molecule has 1 saturated carbocycles. The van der Waals surface area contributed by atoms with Crippen molar-refractivity contribution < 1.29 is 13.6 Å². The van der Waals surface area contributed by atoms with Crippen molar-refractivity contribution in [2.24, 2.45) is 0 Å². The highest BCUT2D eigenvalue weighted by Crippen LogP contribution is 2.55. The Morgan fingerprint density at radius 1 is 1.14 bits per heavy atom. The van der Waals surface area contributed by atoms with Crippen LogP contribution in [0.1, 0.15) is 46.3 Å². The van der Waals surface area contributed by atoms with E-state index in [2.05, 4.69) is 20.1 Å². The summed E-state index contributed by atoms with van der Waals surface area (Å²) in [5, 5.41) is 4.48. The van der Waals surface area contributed by atoms with E-state index in [1.54, 1.807) is 18.2 Å². The summed E-state index contributed by atoms with van der Waals surface area (Å²) in [4.78, 5) is 47.5. The molecule has 4 heterocycles. The second kappa shape index (κ2) is 7.97. The van der Waals surface area contributed by atoms with Crippen LogP contribution in [0.4, 0.5) is 8.78 Å². The second-order valence-corrected chi connectivity index (χ2v) is 9.00. The first kappa shape index (κ1) is 21.4. The van der Waals surface area contributed by atoms with Gasteiger partial charge in [0.2, 0.25) is 0 Å². The van der Waals surface area contributed by atoms with Gasteiger partial charge in [-0.25, -0.2) is 23.1 Å². The molecule has 3 atom stereocenters. The van der Waals surface area contributed by atoms with Crippen LogP contribution in [-0.4, -0.2) is 54.6 Å². The van der Waals surface area contributed by atoms with E-state index in [0.717, 1.165) is 17.5 Å². The predicted molar refractivity (Wildman–Crippen MR) is 122 cm³/mol. The van der Waals surface area contributed by atoms with Crippen molar-refractivity contribution in [2.45, 2.75) is 30.8 Å². The fourth-order valence-electron chi connectivity index (χ4n) is 4.79. The number of nitrogens with one attached hydrogen (secondary N) is 2. The molecule has 1 aliphatic carbocycles. The maximum absolute atomic E-state index is 13.7. The summed E-state index contributed by atoms with van der Waals surface area (Å²) >= 11 is 0. The molecular formula is C24H20F2N6O3. The largest absolute Gasteiger partial charge is 0.334 e. The summed E-state index contributed by atoms with van der Waals surface area (Å²) in [7, 11) is 0. The maximum Gasteiger partial charge on any atom is 0.325 e. The highest BCUT2D eigenvalue weighted by Gasteiger charge is 2.42. The van der Waals surface area contributed by atoms with Gasteiger partial charge in [-0.2, -0.15) is 5.10 Å². The number of nitrogens with zero attached hydrogens (tertiary/aromatic N) is 4. The maximum atomic E-state index is 13.7. The van der Waals surface area contributed by atoms with E-state index in [4.69, 9.17) is 0 Å². The third kappa shape index (κ3) is 3.82. The lowest BCUT2D eigenvalue weighted by atomic mass is 10.0. The van der Waals surface area contributed by atoms with Gasteiger partial charge in [0.25, 0.3) is 11.5 Å². The van der Waals surface area contributed by atoms with Gasteiger partial charge in [-0.1, -0.05) is 12.1 Å². The van der Waals surface area contributed by atoms with Crippen LogP contribution in [0.15, 0.2) is 52.3 Å². The molecule has 0 bridgehead atoms. The van der Waals surface area contributed by atoms with Gasteiger partial charge in [0.15, 0.2) is 5.65 Å². The third-order valence-electron chi connectivity index (χ3n) is 6.67. The first-order valence-corrected chi connectivity index (χ1v) is 11.3. The van der Waals surface area contributed by atoms with E-state index in [0.29, 0.717) is 24.3 Å². The molecule has 2 fully saturated rings. The zero-order valence-electron chi connectivity index (χ0n) is 18.4. The highest BCUT2D eigenvalue weighted by atomic mass is 19.1. The molecule has 178 valence electrons. The lowest BCUT2D eigenvalue weighted by Crippen LogP contribution is -2.29. The Labute approximate surface area is 196 Å². The molecule has 1 aromatic carbocycles. The van der Waals surface area contributed by atoms with E-state index in [-0.39, 0.29) is 41.4 Å². The number of carbonyl (C=O) groups is 1. The molecule has 1 aliphatic heterocycles. The Morgan fingerprint density at radius 2 is 1.94 bits per heavy atom. The SMILES string of the molecule is O=C(c1cn2nc(-c3c[nH]c(=O)[nH]c3=O)cc([C@H]3C[C@@H]3c3ccc(F)cc3)c2n1)N1CCC(F)C1. The summed E-state index contributed by atoms with van der Waals surface area (Å²) in [6.45, 7) is 0.349. The lowest BCUT2D eigenvalue weighted by Gasteiger charge is -2.12. The molecule has 0 radical (unpaired) electrons. The van der Waals surface area contributed by atoms with Gasteiger partial charge in [0, 0.05) is 18.3 Å². The predicted octanol–water partition coefficient (Wildman–Crippen LogP) is 2.37. The third-order valence-corrected chi connectivity index (χ3v) is 6.67. The van der Waals surface area contributed by atoms with Crippen molar-refractivity contribution in [1.82, 2.24) is 29.5 Å². The molecule has 2 aliphatic rings. The zero-order chi connectivity index (χ0) is 24.3. The van der Waals surface area contributed by atoms with Crippen molar-refractivity contribution >= 4 is 11.6 Å². The van der Waals surface area contributed by atoms with E-state index in [1.807, 2.05) is 0 Å². The first-order chi connectivity index (χ1) is 16.9. The molecule has 1 amide bonds. The molecule has 6 rings (SSSR count). The number of hydrogen-bond donors (Lipinski definition) is 2. The van der Waals surface area contributed by atoms with Crippen LogP contribution in [0.3, 0.4) is 0 Å². The van der Waals surface area contributed by atoms with Gasteiger partial charge in [0.05, 0.1) is 24.0 Å². The summed E-state index contributed by atoms with van der Waals surface area (Å²) in [5.74, 6) is -0.564. The Balaban J connectivity index is 1.45. The van der Waals surface area contributed by atoms with Crippen molar-refractivity contribution in [2.75, 3.05) is 13.1 Å². The smallest absolute Gasteiger partial charge is 0.325 e. The molecule has 35 heavy (non-hydrogen) atoms. The standard InChI is InChI=1S/C24H20F2N6O3/c25-13-3-1-12(2-4-13)15-7-16(15)17-8-19(18-9-27-24(35)29-22(18)33)30-32-11-20(28-21(17)32)23(34)31-6-5-14(26)10-31/h1-4,8-9,11,14-16H,5-7,10H2,(H2,27,29,33,35)/t14?,15-,16+/m1/s1. The number of H-pyrrole nitrogens is 2. The van der Waals surface area contributed by atoms with Gasteiger partial charge in [-0.15, -0.1) is 0 Å². The van der Waals surface area contributed by atoms with E-state index in [9.17, 15) is 23.2 Å². The summed E-state index contributed by atoms with van der Waals surface area (Å²) in [6, 6.07) is 8.05. The highest BCUT2D eigenvalue weighted by molar-refractivity contribution is 5.93. The molecule has 11 heteroatoms. The molecule has 4 aromatic rings. The lowest BCUT2D eigenvalue weighted by molar-refractivity contribution is 0.0777. The number of amides is 1. The van der Waals surface area contributed by atoms with Crippen LogP contribution in [-0.2, 0) is 0 Å². The van der Waals surface area contributed by atoms with Crippen LogP contribution in [0.25, 0.3) is 16.9 Å². The number of benzene rings is 1. The number of halogens is 2. The Hall–Kier alpha value is -4.15. The van der Waals surface area contributed by atoms with Crippen LogP contribution in [0, 0.1) is 5.82 Å². The topological polar surface area (TPSA) is 116 Å². The number of rotatable bonds is 4. The van der Waals surface area contributed by atoms with Crippen LogP contribution in [0.5, 0.6) is 0 Å². The minimum atomic E-state index is -1.05. The Kier molecular flexibility index (Phi) is 4.87. The normalized spacial score (nSPS) is 21.5. The molecular weight excluding hydrogens is 458 g/mol. The molecule has 1 saturated heterocycles. The summed E-state index contributed by atoms with van der Waals surface area (Å²) in [5.41, 5.74) is 1.58. The van der Waals surface area contributed by atoms with Crippen molar-refractivity contribution in [3.63, 3.8) is 0 Å². The van der Waals surface area contributed by atoms with Gasteiger partial charge in [-0.05, 0) is 48.4 Å².